The fourth-order valence-corrected chi connectivity index (χ4v) is 2.93. The first-order chi connectivity index (χ1) is 8.07. The van der Waals surface area contributed by atoms with Gasteiger partial charge in [0.05, 0.1) is 5.69 Å². The summed E-state index contributed by atoms with van der Waals surface area (Å²) >= 11 is 0. The molecule has 0 bridgehead atoms. The highest BCUT2D eigenvalue weighted by atomic mass is 32.2. The first-order valence-electron chi connectivity index (χ1n) is 5.90. The smallest absolute Gasteiger partial charge is 0.296 e. The number of anilines is 1. The van der Waals surface area contributed by atoms with Crippen molar-refractivity contribution in [2.75, 3.05) is 5.32 Å². The minimum Gasteiger partial charge on any atom is -0.381 e. The minimum absolute atomic E-state index is 0.0365. The number of hydrogen-bond acceptors (Lipinski definition) is 3. The van der Waals surface area contributed by atoms with E-state index in [0.717, 1.165) is 12.8 Å². The van der Waals surface area contributed by atoms with Crippen molar-refractivity contribution in [3.05, 3.63) is 24.3 Å². The van der Waals surface area contributed by atoms with E-state index in [-0.39, 0.29) is 4.90 Å². The highest BCUT2D eigenvalue weighted by Crippen LogP contribution is 2.25. The number of para-hydroxylation sites is 1. The monoisotopic (exact) mass is 255 g/mol. The van der Waals surface area contributed by atoms with Crippen molar-refractivity contribution in [2.45, 2.75) is 43.0 Å². The van der Waals surface area contributed by atoms with Gasteiger partial charge in [-0.3, -0.25) is 4.55 Å². The molecule has 0 atom stereocenters. The van der Waals surface area contributed by atoms with Gasteiger partial charge in [-0.2, -0.15) is 8.42 Å². The predicted octanol–water partition coefficient (Wildman–Crippen LogP) is 2.68. The molecule has 2 rings (SSSR count). The van der Waals surface area contributed by atoms with E-state index >= 15 is 0 Å². The molecule has 4 nitrogen and oxygen atoms in total. The lowest BCUT2D eigenvalue weighted by atomic mass is 9.95. The molecule has 0 aliphatic heterocycles. The zero-order chi connectivity index (χ0) is 12.3. The Kier molecular flexibility index (Phi) is 3.69. The van der Waals surface area contributed by atoms with Crippen LogP contribution in [0.5, 0.6) is 0 Å². The van der Waals surface area contributed by atoms with Crippen LogP contribution < -0.4 is 5.32 Å². The average molecular weight is 255 g/mol. The third kappa shape index (κ3) is 3.20. The third-order valence-electron chi connectivity index (χ3n) is 3.13. The molecular weight excluding hydrogens is 238 g/mol. The molecule has 5 heteroatoms. The van der Waals surface area contributed by atoms with Gasteiger partial charge in [0.15, 0.2) is 0 Å². The Morgan fingerprint density at radius 2 is 1.76 bits per heavy atom. The lowest BCUT2D eigenvalue weighted by Gasteiger charge is -2.24. The first-order valence-corrected chi connectivity index (χ1v) is 7.34. The van der Waals surface area contributed by atoms with Gasteiger partial charge in [0.2, 0.25) is 0 Å². The summed E-state index contributed by atoms with van der Waals surface area (Å²) in [6.07, 6.45) is 5.70. The van der Waals surface area contributed by atoms with Crippen LogP contribution in [0.1, 0.15) is 32.1 Å². The molecule has 0 heterocycles. The molecule has 1 aromatic carbocycles. The molecule has 1 saturated carbocycles. The van der Waals surface area contributed by atoms with Crippen molar-refractivity contribution >= 4 is 15.8 Å². The molecule has 2 N–H and O–H groups in total. The fraction of sp³-hybridized carbons (Fsp3) is 0.500. The molecule has 1 aliphatic carbocycles. The molecule has 0 spiro atoms. The van der Waals surface area contributed by atoms with Crippen LogP contribution >= 0.6 is 0 Å². The third-order valence-corrected chi connectivity index (χ3v) is 4.04. The summed E-state index contributed by atoms with van der Waals surface area (Å²) in [7, 11) is -4.15. The summed E-state index contributed by atoms with van der Waals surface area (Å²) in [5.74, 6) is 0. The van der Waals surface area contributed by atoms with Crippen LogP contribution in [0.4, 0.5) is 5.69 Å². The lowest BCUT2D eigenvalue weighted by Crippen LogP contribution is -2.23. The Morgan fingerprint density at radius 3 is 2.41 bits per heavy atom. The second-order valence-corrected chi connectivity index (χ2v) is 5.84. The number of rotatable bonds is 3. The zero-order valence-electron chi connectivity index (χ0n) is 9.59. The fourth-order valence-electron chi connectivity index (χ4n) is 2.28. The van der Waals surface area contributed by atoms with Crippen LogP contribution in [-0.2, 0) is 10.1 Å². The topological polar surface area (TPSA) is 66.4 Å². The van der Waals surface area contributed by atoms with Crippen LogP contribution in [0.2, 0.25) is 0 Å². The number of nitrogens with one attached hydrogen (secondary N) is 1. The molecule has 0 aromatic heterocycles. The van der Waals surface area contributed by atoms with Gasteiger partial charge in [-0.05, 0) is 25.0 Å². The largest absolute Gasteiger partial charge is 0.381 e. The average Bonchev–Trinajstić information content (AvgIpc) is 2.30. The van der Waals surface area contributed by atoms with E-state index in [9.17, 15) is 8.42 Å². The maximum absolute atomic E-state index is 11.2. The van der Waals surface area contributed by atoms with Crippen LogP contribution in [0.15, 0.2) is 29.2 Å². The van der Waals surface area contributed by atoms with Gasteiger partial charge in [-0.1, -0.05) is 31.4 Å². The highest BCUT2D eigenvalue weighted by molar-refractivity contribution is 7.86. The molecule has 17 heavy (non-hydrogen) atoms. The Hall–Kier alpha value is -1.07. The van der Waals surface area contributed by atoms with Crippen LogP contribution in [0.25, 0.3) is 0 Å². The van der Waals surface area contributed by atoms with Gasteiger partial charge in [0, 0.05) is 6.04 Å². The molecular formula is C12H17NO3S. The van der Waals surface area contributed by atoms with E-state index in [0.29, 0.717) is 11.7 Å². The summed E-state index contributed by atoms with van der Waals surface area (Å²) in [5.41, 5.74) is 0.502. The lowest BCUT2D eigenvalue weighted by molar-refractivity contribution is 0.461. The Labute approximate surface area is 102 Å². The SMILES string of the molecule is O=S(=O)(O)c1ccccc1NC1CCCCC1. The van der Waals surface area contributed by atoms with Crippen molar-refractivity contribution in [2.24, 2.45) is 0 Å². The van der Waals surface area contributed by atoms with E-state index in [1.165, 1.54) is 25.3 Å². The Balaban J connectivity index is 2.20. The standard InChI is InChI=1S/C12H17NO3S/c14-17(15,16)12-9-5-4-8-11(12)13-10-6-2-1-3-7-10/h4-5,8-10,13H,1-3,6-7H2,(H,14,15,16). The summed E-state index contributed by atoms with van der Waals surface area (Å²) in [6, 6.07) is 6.79. The quantitative estimate of drug-likeness (QED) is 0.815. The summed E-state index contributed by atoms with van der Waals surface area (Å²) < 4.78 is 31.6. The molecule has 0 unspecified atom stereocenters. The van der Waals surface area contributed by atoms with E-state index in [4.69, 9.17) is 4.55 Å². The van der Waals surface area contributed by atoms with Crippen molar-refractivity contribution in [3.63, 3.8) is 0 Å². The van der Waals surface area contributed by atoms with Gasteiger partial charge < -0.3 is 5.32 Å². The molecule has 94 valence electrons. The summed E-state index contributed by atoms with van der Waals surface area (Å²) in [4.78, 5) is -0.0365. The second-order valence-electron chi connectivity index (χ2n) is 4.45. The number of hydrogen-bond donors (Lipinski definition) is 2. The predicted molar refractivity (Wildman–Crippen MR) is 66.8 cm³/mol. The van der Waals surface area contributed by atoms with Crippen molar-refractivity contribution < 1.29 is 13.0 Å². The van der Waals surface area contributed by atoms with Crippen LogP contribution in [-0.4, -0.2) is 19.0 Å². The van der Waals surface area contributed by atoms with Crippen molar-refractivity contribution in [3.8, 4) is 0 Å². The second kappa shape index (κ2) is 5.06. The van der Waals surface area contributed by atoms with Gasteiger partial charge in [0.25, 0.3) is 10.1 Å². The zero-order valence-corrected chi connectivity index (χ0v) is 10.4. The first kappa shape index (κ1) is 12.4. The van der Waals surface area contributed by atoms with Gasteiger partial charge in [-0.25, -0.2) is 0 Å². The number of benzene rings is 1. The summed E-state index contributed by atoms with van der Waals surface area (Å²) in [6.45, 7) is 0. The minimum atomic E-state index is -4.15. The Bertz CT molecular complexity index is 478. The van der Waals surface area contributed by atoms with E-state index in [1.54, 1.807) is 18.2 Å². The van der Waals surface area contributed by atoms with Gasteiger partial charge >= 0.3 is 0 Å². The van der Waals surface area contributed by atoms with Crippen LogP contribution in [0, 0.1) is 0 Å². The van der Waals surface area contributed by atoms with Crippen molar-refractivity contribution in [1.29, 1.82) is 0 Å². The normalized spacial score (nSPS) is 17.9. The van der Waals surface area contributed by atoms with Gasteiger partial charge in [0.1, 0.15) is 4.90 Å². The van der Waals surface area contributed by atoms with Crippen LogP contribution in [0.3, 0.4) is 0 Å². The molecule has 1 aromatic rings. The molecule has 1 aliphatic rings. The van der Waals surface area contributed by atoms with E-state index in [2.05, 4.69) is 5.32 Å². The summed E-state index contributed by atoms with van der Waals surface area (Å²) in [5, 5.41) is 3.22. The van der Waals surface area contributed by atoms with Gasteiger partial charge in [-0.15, -0.1) is 0 Å². The molecule has 0 amide bonds. The Morgan fingerprint density at radius 1 is 1.12 bits per heavy atom. The molecule has 1 fully saturated rings. The maximum atomic E-state index is 11.2. The highest BCUT2D eigenvalue weighted by Gasteiger charge is 2.18. The van der Waals surface area contributed by atoms with E-state index in [1.807, 2.05) is 0 Å². The molecule has 0 radical (unpaired) electrons. The molecule has 0 saturated heterocycles. The maximum Gasteiger partial charge on any atom is 0.296 e. The van der Waals surface area contributed by atoms with Crippen molar-refractivity contribution in [1.82, 2.24) is 0 Å². The van der Waals surface area contributed by atoms with E-state index < -0.39 is 10.1 Å².